The summed E-state index contributed by atoms with van der Waals surface area (Å²) in [6.07, 6.45) is 22.2. The van der Waals surface area contributed by atoms with Crippen LogP contribution in [-0.4, -0.2) is 186 Å². The molecule has 4 fully saturated rings. The third-order valence-corrected chi connectivity index (χ3v) is 44.7. The number of esters is 3. The van der Waals surface area contributed by atoms with Crippen molar-refractivity contribution in [3.63, 3.8) is 0 Å². The number of alkyl carbamates (subject to hydrolysis) is 1. The molecule has 0 aromatic heterocycles. The second-order valence-corrected chi connectivity index (χ2v) is 58.5. The Hall–Kier alpha value is -3.51. The molecule has 0 radical (unpaired) electrons. The smallest absolute Gasteiger partial charge is 0.407 e. The Bertz CT molecular complexity index is 3500. The van der Waals surface area contributed by atoms with Crippen LogP contribution in [-0.2, 0) is 85.1 Å². The van der Waals surface area contributed by atoms with Crippen LogP contribution < -0.4 is 5.32 Å². The van der Waals surface area contributed by atoms with Crippen molar-refractivity contribution in [1.29, 1.82) is 0 Å². The predicted molar refractivity (Wildman–Crippen MR) is 497 cm³/mol. The van der Waals surface area contributed by atoms with Gasteiger partial charge in [-0.3, -0.25) is 9.59 Å². The largest absolute Gasteiger partial charge is 0.462 e. The molecule has 5 aliphatic heterocycles. The second-order valence-electron chi connectivity index (χ2n) is 35.3. The Morgan fingerprint density at radius 3 is 1.62 bits per heavy atom. The van der Waals surface area contributed by atoms with Crippen molar-refractivity contribution in [3.8, 4) is 0 Å². The van der Waals surface area contributed by atoms with E-state index in [1.807, 2.05) is 98.9 Å². The van der Waals surface area contributed by atoms with Gasteiger partial charge in [-0.05, 0) is 149 Å². The van der Waals surface area contributed by atoms with Crippen molar-refractivity contribution in [3.05, 3.63) is 146 Å². The van der Waals surface area contributed by atoms with Crippen LogP contribution in [0.25, 0.3) is 0 Å². The van der Waals surface area contributed by atoms with Gasteiger partial charge in [-0.1, -0.05) is 247 Å². The van der Waals surface area contributed by atoms with Crippen LogP contribution in [0, 0.1) is 23.7 Å². The number of fused-ring (bicyclic) bond motifs is 6. The first-order chi connectivity index (χ1) is 56.4. The molecule has 1 amide bonds. The molecule has 20 nitrogen and oxygen atoms in total. The van der Waals surface area contributed by atoms with Crippen molar-refractivity contribution in [2.75, 3.05) is 33.7 Å². The fourth-order valence-corrected chi connectivity index (χ4v) is 30.4. The average molecular weight is 1790 g/mol. The average Bonchev–Trinajstić information content (AvgIpc) is 0.749. The SMILES string of the molecule is C=CCOC(=O)N[C@@H]1[C@H](OC(=O)c2ccc(C(C)(C)C)cc2)[C@H](O[C@H]2/C=C/C=C/C=C/C=C/C=C/C=C/C=C/[C@H](C)[C@@H](C)[C@@H](C)[C@H](C)OC(=O)C[C@H]3C[C@@H](CC[C@@H](O[Si](CC)(CC)C(C)C)[C@H]4C[C@@H](C[C@]5(OC)C[C@H](O[Si](CC)(CC)C(C)C)[C@@H](C(=O)OCC=C)C(C2)O5)OC(P(C)P)O4)OC(P(C)P)O3)O[C@H](C)[C@H]1O[Si](CC)(CC)C(C)C. The van der Waals surface area contributed by atoms with Gasteiger partial charge in [0.05, 0.1) is 73.0 Å². The number of hydrogen-bond acceptors (Lipinski definition) is 19. The van der Waals surface area contributed by atoms with E-state index in [1.165, 1.54) is 6.08 Å². The van der Waals surface area contributed by atoms with E-state index < -0.39 is 155 Å². The third-order valence-electron chi connectivity index (χ3n) is 25.7. The number of hydrogen-bond donors (Lipinski definition) is 1. The molecule has 6 rings (SSSR count). The van der Waals surface area contributed by atoms with E-state index in [0.717, 1.165) is 41.8 Å². The van der Waals surface area contributed by atoms with Crippen LogP contribution >= 0.6 is 33.1 Å². The maximum absolute atomic E-state index is 15.7. The number of nitrogens with one attached hydrogen (secondary N) is 1. The minimum Gasteiger partial charge on any atom is -0.462 e. The van der Waals surface area contributed by atoms with Gasteiger partial charge in [0, 0.05) is 39.2 Å². The van der Waals surface area contributed by atoms with Crippen LogP contribution in [0.2, 0.25) is 52.9 Å². The highest BCUT2D eigenvalue weighted by molar-refractivity contribution is 8.13. The van der Waals surface area contributed by atoms with Gasteiger partial charge in [-0.15, -0.1) is 17.9 Å². The monoisotopic (exact) mass is 1780 g/mol. The fourth-order valence-electron chi connectivity index (χ4n) is 17.3. The lowest BCUT2D eigenvalue weighted by Crippen LogP contribution is -2.68. The number of rotatable bonds is 28. The Kier molecular flexibility index (Phi) is 43.9. The lowest BCUT2D eigenvalue weighted by atomic mass is 9.82. The first-order valence-electron chi connectivity index (χ1n) is 44.1. The molecule has 0 saturated carbocycles. The Morgan fingerprint density at radius 1 is 0.597 bits per heavy atom. The second kappa shape index (κ2) is 50.1. The van der Waals surface area contributed by atoms with Crippen LogP contribution in [0.4, 0.5) is 4.79 Å². The van der Waals surface area contributed by atoms with E-state index in [-0.39, 0.29) is 102 Å². The summed E-state index contributed by atoms with van der Waals surface area (Å²) in [5.74, 6) is -3.62. The molecule has 5 heterocycles. The Morgan fingerprint density at radius 2 is 1.10 bits per heavy atom. The van der Waals surface area contributed by atoms with E-state index in [0.29, 0.717) is 25.7 Å². The molecule has 119 heavy (non-hydrogen) atoms. The molecule has 1 N–H and O–H groups in total. The van der Waals surface area contributed by atoms with Crippen molar-refractivity contribution in [1.82, 2.24) is 5.32 Å². The highest BCUT2D eigenvalue weighted by Gasteiger charge is 2.58. The topological polar surface area (TPSA) is 219 Å². The van der Waals surface area contributed by atoms with Gasteiger partial charge >= 0.3 is 24.0 Å². The van der Waals surface area contributed by atoms with Crippen molar-refractivity contribution in [2.45, 2.75) is 352 Å². The Balaban J connectivity index is 1.62. The number of allylic oxidation sites excluding steroid dienone is 13. The molecular formula is C92H153NO19P4Si3. The number of cyclic esters (lactones) is 1. The van der Waals surface area contributed by atoms with Gasteiger partial charge < -0.3 is 75.4 Å². The van der Waals surface area contributed by atoms with E-state index >= 15 is 9.59 Å². The van der Waals surface area contributed by atoms with Crippen molar-refractivity contribution < 1.29 is 89.3 Å². The highest BCUT2D eigenvalue weighted by atomic mass is 32.0. The van der Waals surface area contributed by atoms with Crippen LogP contribution in [0.15, 0.2) is 135 Å². The standard InChI is InChI=1S/C92H153NO19P4Si3/c1-26-54-99-86(96)81-78-57-72(103-87-84(108-85(95)70-48-50-71(51-49-70)91(20,21)22)82(93-88(97)100-55-27-2)83(69(19)102-87)112-119(32-7,33-8)64(13)14)47-45-43-41-39-37-35-34-36-38-40-42-44-46-65(15)66(16)67(17)68(18)101-80(94)59-74-56-73(104-89(105-74)115(24)113)52-53-76(110-117(28-3,29-4)62(9)10)77-58-75(106-90(107-77)116(25)114)60-92(98-23,109-78)61-79(81)111-118(30-5,31-6)63(11)12/h26-27,34-51,62-69,72-79,81-84,87,89-90H,1-2,28-33,52-61,113-114H2,3-25H3,(H,93,97)/b35-34+,38-36+,39-37+,42-40+,43-41+,46-44+,47-45+/t65-,66+,67+,68-,69+,72-,73+,74+,75-,76+,77+,78?,79-,81-,82-,83+,84-,87-,89?,90?,92+,115?,116?/m0/s1. The van der Waals surface area contributed by atoms with E-state index in [4.69, 9.17) is 70.1 Å². The quantitative estimate of drug-likeness (QED) is 0.0271. The summed E-state index contributed by atoms with van der Waals surface area (Å²) in [6, 6.07) is 9.85. The lowest BCUT2D eigenvalue weighted by molar-refractivity contribution is -0.325. The van der Waals surface area contributed by atoms with Crippen molar-refractivity contribution in [2.24, 2.45) is 23.7 Å². The molecule has 0 aliphatic carbocycles. The zero-order valence-corrected chi connectivity index (χ0v) is 83.5. The molecule has 672 valence electrons. The van der Waals surface area contributed by atoms with Crippen LogP contribution in [0.3, 0.4) is 0 Å². The molecule has 25 atom stereocenters. The van der Waals surface area contributed by atoms with Gasteiger partial charge in [0.1, 0.15) is 31.3 Å². The van der Waals surface area contributed by atoms with Crippen LogP contribution in [0.5, 0.6) is 0 Å². The zero-order valence-electron chi connectivity index (χ0n) is 76.4. The van der Waals surface area contributed by atoms with E-state index in [1.54, 1.807) is 25.3 Å². The number of carbonyl (C=O) groups is 4. The summed E-state index contributed by atoms with van der Waals surface area (Å²) in [5, 5.41) is 3.12. The van der Waals surface area contributed by atoms with Crippen LogP contribution in [0.1, 0.15) is 206 Å². The van der Waals surface area contributed by atoms with Gasteiger partial charge in [0.25, 0.3) is 0 Å². The molecule has 1 aromatic carbocycles. The Labute approximate surface area is 726 Å². The molecule has 4 saturated heterocycles. The molecule has 27 heteroatoms. The van der Waals surface area contributed by atoms with E-state index in [2.05, 4.69) is 186 Å². The van der Waals surface area contributed by atoms with Gasteiger partial charge in [0.2, 0.25) is 0 Å². The summed E-state index contributed by atoms with van der Waals surface area (Å²) in [4.78, 5) is 59.4. The van der Waals surface area contributed by atoms with E-state index in [9.17, 15) is 9.59 Å². The summed E-state index contributed by atoms with van der Waals surface area (Å²) >= 11 is 0. The molecule has 1 aromatic rings. The fraction of sp³-hybridized carbons (Fsp3) is 0.696. The summed E-state index contributed by atoms with van der Waals surface area (Å²) in [7, 11) is -2.15. The highest BCUT2D eigenvalue weighted by Crippen LogP contribution is 2.54. The maximum atomic E-state index is 15.7. The predicted octanol–water partition coefficient (Wildman–Crippen LogP) is 22.2. The number of benzene rings is 1. The molecule has 7 unspecified atom stereocenters. The molecule has 5 aliphatic rings. The van der Waals surface area contributed by atoms with Gasteiger partial charge in [-0.25, -0.2) is 9.59 Å². The number of amides is 1. The number of carbonyl (C=O) groups excluding carboxylic acids is 4. The first-order valence-corrected chi connectivity index (χ1v) is 58.2. The minimum atomic E-state index is -2.75. The molecular weight excluding hydrogens is 1630 g/mol. The summed E-state index contributed by atoms with van der Waals surface area (Å²) < 4.78 is 106. The normalized spacial score (nSPS) is 33.5. The molecule has 0 spiro atoms. The summed E-state index contributed by atoms with van der Waals surface area (Å²) in [6.45, 7) is 55.0. The van der Waals surface area contributed by atoms with Gasteiger partial charge in [0.15, 0.2) is 55.2 Å². The maximum Gasteiger partial charge on any atom is 0.407 e. The van der Waals surface area contributed by atoms with Gasteiger partial charge in [-0.2, -0.15) is 0 Å². The number of ether oxygens (including phenoxy) is 12. The zero-order chi connectivity index (χ0) is 88.2. The summed E-state index contributed by atoms with van der Waals surface area (Å²) in [5.41, 5.74) is 1.60. The lowest BCUT2D eigenvalue weighted by Gasteiger charge is -2.52. The minimum absolute atomic E-state index is 0.0493. The molecule has 6 bridgehead atoms. The van der Waals surface area contributed by atoms with Crippen molar-refractivity contribution >= 4 is 82.0 Å². The number of methoxy groups -OCH3 is 1. The third kappa shape index (κ3) is 30.1. The first kappa shape index (κ1) is 104.